The summed E-state index contributed by atoms with van der Waals surface area (Å²) in [6.07, 6.45) is 1.12. The Morgan fingerprint density at radius 3 is 2.64 bits per heavy atom. The molecule has 0 N–H and O–H groups in total. The lowest BCUT2D eigenvalue weighted by Gasteiger charge is -2.36. The van der Waals surface area contributed by atoms with Crippen LogP contribution in [0.15, 0.2) is 0 Å². The number of hydrogen-bond acceptors (Lipinski definition) is 3. The van der Waals surface area contributed by atoms with Crippen LogP contribution in [0, 0.1) is 0 Å². The van der Waals surface area contributed by atoms with Crippen LogP contribution in [0.4, 0.5) is 0 Å². The second kappa shape index (κ2) is 3.13. The van der Waals surface area contributed by atoms with Gasteiger partial charge in [-0.15, -0.1) is 0 Å². The summed E-state index contributed by atoms with van der Waals surface area (Å²) in [5, 5.41) is 0. The average Bonchev–Trinajstić information content (AvgIpc) is 1.83. The Balaban J connectivity index is 2.51. The van der Waals surface area contributed by atoms with Crippen molar-refractivity contribution in [3.05, 3.63) is 0 Å². The van der Waals surface area contributed by atoms with E-state index in [4.69, 9.17) is 14.0 Å². The zero-order chi connectivity index (χ0) is 8.48. The van der Waals surface area contributed by atoms with E-state index >= 15 is 0 Å². The molecule has 1 saturated heterocycles. The molecule has 11 heavy (non-hydrogen) atoms. The fourth-order valence-corrected chi connectivity index (χ4v) is 1.37. The standard InChI is InChI=1S/C7H15BO3/c1-6-5-7(2,3)11-8(9-4)10-6/h6H,5H2,1-4H3. The molecular weight excluding hydrogens is 143 g/mol. The highest BCUT2D eigenvalue weighted by atomic mass is 16.7. The van der Waals surface area contributed by atoms with Gasteiger partial charge in [-0.2, -0.15) is 0 Å². The molecule has 0 aromatic heterocycles. The summed E-state index contributed by atoms with van der Waals surface area (Å²) >= 11 is 0. The fourth-order valence-electron chi connectivity index (χ4n) is 1.37. The highest BCUT2D eigenvalue weighted by Gasteiger charge is 2.38. The van der Waals surface area contributed by atoms with Gasteiger partial charge in [0, 0.05) is 13.2 Å². The Morgan fingerprint density at radius 1 is 1.55 bits per heavy atom. The van der Waals surface area contributed by atoms with Gasteiger partial charge in [0.05, 0.1) is 5.60 Å². The zero-order valence-corrected chi connectivity index (χ0v) is 7.59. The van der Waals surface area contributed by atoms with Crippen LogP contribution in [-0.2, 0) is 14.0 Å². The van der Waals surface area contributed by atoms with E-state index in [9.17, 15) is 0 Å². The van der Waals surface area contributed by atoms with Gasteiger partial charge < -0.3 is 14.0 Å². The lowest BCUT2D eigenvalue weighted by molar-refractivity contribution is -0.0633. The molecule has 4 heteroatoms. The first-order valence-corrected chi connectivity index (χ1v) is 3.89. The van der Waals surface area contributed by atoms with Crippen LogP contribution in [0.1, 0.15) is 27.2 Å². The van der Waals surface area contributed by atoms with Crippen LogP contribution in [0.3, 0.4) is 0 Å². The molecule has 1 atom stereocenters. The van der Waals surface area contributed by atoms with E-state index in [0.717, 1.165) is 6.42 Å². The van der Waals surface area contributed by atoms with Crippen molar-refractivity contribution in [1.29, 1.82) is 0 Å². The summed E-state index contributed by atoms with van der Waals surface area (Å²) in [6, 6.07) is 0. The Labute approximate surface area is 68.2 Å². The average molecular weight is 158 g/mol. The third-order valence-electron chi connectivity index (χ3n) is 1.73. The summed E-state index contributed by atoms with van der Waals surface area (Å²) in [5.41, 5.74) is -0.127. The second-order valence-electron chi connectivity index (χ2n) is 3.55. The maximum Gasteiger partial charge on any atom is 0.639 e. The van der Waals surface area contributed by atoms with E-state index in [1.54, 1.807) is 7.11 Å². The molecule has 0 spiro atoms. The summed E-state index contributed by atoms with van der Waals surface area (Å²) < 4.78 is 15.7. The van der Waals surface area contributed by atoms with Crippen molar-refractivity contribution in [2.45, 2.75) is 38.9 Å². The van der Waals surface area contributed by atoms with Crippen LogP contribution < -0.4 is 0 Å². The predicted molar refractivity (Wildman–Crippen MR) is 43.1 cm³/mol. The van der Waals surface area contributed by atoms with Crippen LogP contribution >= 0.6 is 0 Å². The molecule has 0 aromatic rings. The fraction of sp³-hybridized carbons (Fsp3) is 1.00. The van der Waals surface area contributed by atoms with Crippen LogP contribution in [0.25, 0.3) is 0 Å². The third kappa shape index (κ3) is 2.47. The Morgan fingerprint density at radius 2 is 2.18 bits per heavy atom. The van der Waals surface area contributed by atoms with Crippen molar-refractivity contribution >= 4 is 7.32 Å². The molecule has 0 aliphatic carbocycles. The number of hydrogen-bond donors (Lipinski definition) is 0. The minimum Gasteiger partial charge on any atom is -0.389 e. The Hall–Kier alpha value is -0.0551. The van der Waals surface area contributed by atoms with Gasteiger partial charge in [0.15, 0.2) is 0 Å². The van der Waals surface area contributed by atoms with Crippen LogP contribution in [0.2, 0.25) is 0 Å². The molecule has 1 heterocycles. The van der Waals surface area contributed by atoms with E-state index in [2.05, 4.69) is 0 Å². The Kier molecular flexibility index (Phi) is 2.57. The molecule has 0 saturated carbocycles. The first kappa shape index (κ1) is 9.04. The van der Waals surface area contributed by atoms with Crippen molar-refractivity contribution in [2.24, 2.45) is 0 Å². The first-order valence-electron chi connectivity index (χ1n) is 3.89. The van der Waals surface area contributed by atoms with E-state index < -0.39 is 7.32 Å². The smallest absolute Gasteiger partial charge is 0.389 e. The highest BCUT2D eigenvalue weighted by Crippen LogP contribution is 2.25. The maximum absolute atomic E-state index is 5.45. The lowest BCUT2D eigenvalue weighted by atomic mass is 9.95. The second-order valence-corrected chi connectivity index (χ2v) is 3.55. The molecule has 1 rings (SSSR count). The molecule has 1 aliphatic heterocycles. The molecule has 0 aromatic carbocycles. The van der Waals surface area contributed by atoms with Crippen molar-refractivity contribution in [1.82, 2.24) is 0 Å². The van der Waals surface area contributed by atoms with Gasteiger partial charge in [-0.1, -0.05) is 0 Å². The van der Waals surface area contributed by atoms with Crippen molar-refractivity contribution < 1.29 is 14.0 Å². The van der Waals surface area contributed by atoms with E-state index in [1.807, 2.05) is 20.8 Å². The number of rotatable bonds is 1. The lowest BCUT2D eigenvalue weighted by Crippen LogP contribution is -2.46. The van der Waals surface area contributed by atoms with Gasteiger partial charge in [-0.05, 0) is 27.2 Å². The maximum atomic E-state index is 5.45. The van der Waals surface area contributed by atoms with Gasteiger partial charge in [0.25, 0.3) is 0 Å². The summed E-state index contributed by atoms with van der Waals surface area (Å²) in [5.74, 6) is 0. The molecule has 0 bridgehead atoms. The summed E-state index contributed by atoms with van der Waals surface area (Å²) in [4.78, 5) is 0. The van der Waals surface area contributed by atoms with E-state index in [1.165, 1.54) is 0 Å². The zero-order valence-electron chi connectivity index (χ0n) is 7.59. The Bertz CT molecular complexity index is 138. The minimum absolute atomic E-state index is 0.127. The van der Waals surface area contributed by atoms with Gasteiger partial charge in [-0.3, -0.25) is 0 Å². The summed E-state index contributed by atoms with van der Waals surface area (Å²) in [7, 11) is 1.09. The van der Waals surface area contributed by atoms with Crippen molar-refractivity contribution in [2.75, 3.05) is 7.11 Å². The summed E-state index contributed by atoms with van der Waals surface area (Å²) in [6.45, 7) is 6.10. The quantitative estimate of drug-likeness (QED) is 0.537. The van der Waals surface area contributed by atoms with Gasteiger partial charge in [-0.25, -0.2) is 0 Å². The molecule has 0 amide bonds. The predicted octanol–water partition coefficient (Wildman–Crippen LogP) is 1.22. The molecule has 1 unspecified atom stereocenters. The molecule has 64 valence electrons. The normalized spacial score (nSPS) is 30.5. The van der Waals surface area contributed by atoms with Crippen LogP contribution in [0.5, 0.6) is 0 Å². The molecular formula is C7H15BO3. The minimum atomic E-state index is -0.492. The van der Waals surface area contributed by atoms with E-state index in [-0.39, 0.29) is 11.7 Å². The molecule has 1 fully saturated rings. The monoisotopic (exact) mass is 158 g/mol. The SMILES string of the molecule is COB1OC(C)CC(C)(C)O1. The molecule has 0 radical (unpaired) electrons. The van der Waals surface area contributed by atoms with Crippen LogP contribution in [-0.4, -0.2) is 26.1 Å². The third-order valence-corrected chi connectivity index (χ3v) is 1.73. The van der Waals surface area contributed by atoms with Crippen molar-refractivity contribution in [3.63, 3.8) is 0 Å². The van der Waals surface area contributed by atoms with E-state index in [0.29, 0.717) is 0 Å². The largest absolute Gasteiger partial charge is 0.639 e. The van der Waals surface area contributed by atoms with Crippen molar-refractivity contribution in [3.8, 4) is 0 Å². The first-order chi connectivity index (χ1) is 5.03. The van der Waals surface area contributed by atoms with Gasteiger partial charge in [0.1, 0.15) is 0 Å². The molecule has 3 nitrogen and oxygen atoms in total. The molecule has 1 aliphatic rings. The highest BCUT2D eigenvalue weighted by molar-refractivity contribution is 6.36. The van der Waals surface area contributed by atoms with Gasteiger partial charge >= 0.3 is 7.32 Å². The topological polar surface area (TPSA) is 27.7 Å². The van der Waals surface area contributed by atoms with Gasteiger partial charge in [0.2, 0.25) is 0 Å².